The zero-order chi connectivity index (χ0) is 13.6. The van der Waals surface area contributed by atoms with Gasteiger partial charge in [-0.3, -0.25) is 14.4 Å². The van der Waals surface area contributed by atoms with Crippen molar-refractivity contribution in [2.75, 3.05) is 13.2 Å². The highest BCUT2D eigenvalue weighted by Gasteiger charge is 2.28. The van der Waals surface area contributed by atoms with Gasteiger partial charge in [-0.15, -0.1) is 0 Å². The van der Waals surface area contributed by atoms with E-state index in [4.69, 9.17) is 4.42 Å². The Morgan fingerprint density at radius 1 is 1.39 bits per heavy atom. The molecule has 0 atom stereocenters. The number of carbonyl (C=O) groups is 2. The molecule has 1 heterocycles. The molecule has 6 nitrogen and oxygen atoms in total. The number of rotatable bonds is 5. The Kier molecular flexibility index (Phi) is 4.72. The summed E-state index contributed by atoms with van der Waals surface area (Å²) in [4.78, 5) is 26.1. The molecule has 1 rings (SSSR count). The summed E-state index contributed by atoms with van der Waals surface area (Å²) in [5.74, 6) is -1.59. The van der Waals surface area contributed by atoms with Gasteiger partial charge < -0.3 is 9.73 Å². The molecule has 2 N–H and O–H groups in total. The summed E-state index contributed by atoms with van der Waals surface area (Å²) in [6.45, 7) is -2.14. The Morgan fingerprint density at radius 3 is 2.67 bits per heavy atom. The molecule has 0 aliphatic heterocycles. The van der Waals surface area contributed by atoms with Crippen molar-refractivity contribution in [2.24, 2.45) is 0 Å². The molecule has 0 radical (unpaired) electrons. The third-order valence-electron chi connectivity index (χ3n) is 1.58. The fourth-order valence-electron chi connectivity index (χ4n) is 0.890. The topological polar surface area (TPSA) is 80.6 Å². The molecule has 18 heavy (non-hydrogen) atoms. The van der Waals surface area contributed by atoms with Gasteiger partial charge in [0.25, 0.3) is 11.8 Å². The van der Waals surface area contributed by atoms with Crippen molar-refractivity contribution in [2.45, 2.75) is 6.18 Å². The lowest BCUT2D eigenvalue weighted by Crippen LogP contribution is -2.38. The lowest BCUT2D eigenvalue weighted by atomic mass is 10.4. The SMILES string of the molecule is O=C(CNC(=O)c1ccco1)NOCC(F)(F)F. The summed E-state index contributed by atoms with van der Waals surface area (Å²) in [6, 6.07) is 2.84. The number of hydrogen-bond acceptors (Lipinski definition) is 4. The molecule has 0 bridgehead atoms. The lowest BCUT2D eigenvalue weighted by molar-refractivity contribution is -0.191. The van der Waals surface area contributed by atoms with E-state index in [9.17, 15) is 22.8 Å². The fourth-order valence-corrected chi connectivity index (χ4v) is 0.890. The summed E-state index contributed by atoms with van der Waals surface area (Å²) in [7, 11) is 0. The van der Waals surface area contributed by atoms with E-state index >= 15 is 0 Å². The Bertz CT molecular complexity index is 402. The van der Waals surface area contributed by atoms with Gasteiger partial charge in [0.2, 0.25) is 0 Å². The van der Waals surface area contributed by atoms with Gasteiger partial charge in [0.1, 0.15) is 0 Å². The first-order chi connectivity index (χ1) is 8.38. The Balaban J connectivity index is 2.20. The number of halogens is 3. The van der Waals surface area contributed by atoms with E-state index in [2.05, 4.69) is 10.2 Å². The van der Waals surface area contributed by atoms with Gasteiger partial charge in [-0.05, 0) is 12.1 Å². The van der Waals surface area contributed by atoms with E-state index in [1.54, 1.807) is 0 Å². The monoisotopic (exact) mass is 266 g/mol. The maximum absolute atomic E-state index is 11.6. The number of nitrogens with one attached hydrogen (secondary N) is 2. The lowest BCUT2D eigenvalue weighted by Gasteiger charge is -2.08. The van der Waals surface area contributed by atoms with Gasteiger partial charge in [-0.1, -0.05) is 0 Å². The molecule has 0 aliphatic carbocycles. The predicted octanol–water partition coefficient (Wildman–Crippen LogP) is 0.619. The van der Waals surface area contributed by atoms with Crippen LogP contribution in [0.5, 0.6) is 0 Å². The predicted molar refractivity (Wildman–Crippen MR) is 51.2 cm³/mol. The minimum absolute atomic E-state index is 0.0148. The Morgan fingerprint density at radius 2 is 2.11 bits per heavy atom. The fraction of sp³-hybridized carbons (Fsp3) is 0.333. The van der Waals surface area contributed by atoms with E-state index in [0.717, 1.165) is 0 Å². The highest BCUT2D eigenvalue weighted by atomic mass is 19.4. The van der Waals surface area contributed by atoms with Gasteiger partial charge in [-0.25, -0.2) is 5.48 Å². The first-order valence-electron chi connectivity index (χ1n) is 4.67. The van der Waals surface area contributed by atoms with Crippen molar-refractivity contribution in [1.82, 2.24) is 10.8 Å². The number of hydroxylamine groups is 1. The van der Waals surface area contributed by atoms with Crippen molar-refractivity contribution < 1.29 is 32.0 Å². The summed E-state index contributed by atoms with van der Waals surface area (Å²) in [5, 5.41) is 2.13. The quantitative estimate of drug-likeness (QED) is 0.765. The van der Waals surface area contributed by atoms with E-state index < -0.39 is 31.1 Å². The summed E-state index contributed by atoms with van der Waals surface area (Å²) >= 11 is 0. The molecule has 2 amide bonds. The van der Waals surface area contributed by atoms with E-state index in [-0.39, 0.29) is 5.76 Å². The normalized spacial score (nSPS) is 11.1. The number of furan rings is 1. The van der Waals surface area contributed by atoms with Crippen LogP contribution in [0, 0.1) is 0 Å². The zero-order valence-electron chi connectivity index (χ0n) is 8.91. The second-order valence-electron chi connectivity index (χ2n) is 3.09. The second kappa shape index (κ2) is 6.05. The summed E-state index contributed by atoms with van der Waals surface area (Å²) in [5.41, 5.74) is 1.54. The van der Waals surface area contributed by atoms with Crippen LogP contribution in [-0.4, -0.2) is 31.1 Å². The number of carbonyl (C=O) groups excluding carboxylic acids is 2. The van der Waals surface area contributed by atoms with Crippen LogP contribution in [0.1, 0.15) is 10.6 Å². The van der Waals surface area contributed by atoms with Crippen LogP contribution < -0.4 is 10.8 Å². The third kappa shape index (κ3) is 5.34. The maximum atomic E-state index is 11.6. The average Bonchev–Trinajstić information content (AvgIpc) is 2.77. The largest absolute Gasteiger partial charge is 0.459 e. The average molecular weight is 266 g/mol. The molecule has 100 valence electrons. The van der Waals surface area contributed by atoms with Crippen LogP contribution in [0.2, 0.25) is 0 Å². The van der Waals surface area contributed by atoms with Gasteiger partial charge in [-0.2, -0.15) is 13.2 Å². The summed E-state index contributed by atoms with van der Waals surface area (Å²) in [6.07, 6.45) is -3.27. The second-order valence-corrected chi connectivity index (χ2v) is 3.09. The van der Waals surface area contributed by atoms with E-state index in [1.807, 2.05) is 0 Å². The smallest absolute Gasteiger partial charge is 0.414 e. The van der Waals surface area contributed by atoms with Crippen LogP contribution in [0.4, 0.5) is 13.2 Å². The van der Waals surface area contributed by atoms with Crippen molar-refractivity contribution in [3.63, 3.8) is 0 Å². The van der Waals surface area contributed by atoms with Gasteiger partial charge in [0.15, 0.2) is 12.4 Å². The van der Waals surface area contributed by atoms with Crippen LogP contribution in [-0.2, 0) is 9.63 Å². The van der Waals surface area contributed by atoms with Gasteiger partial charge in [0.05, 0.1) is 12.8 Å². The molecule has 0 saturated carbocycles. The highest BCUT2D eigenvalue weighted by molar-refractivity contribution is 5.93. The van der Waals surface area contributed by atoms with E-state index in [0.29, 0.717) is 0 Å². The van der Waals surface area contributed by atoms with Crippen molar-refractivity contribution in [3.05, 3.63) is 24.2 Å². The highest BCUT2D eigenvalue weighted by Crippen LogP contribution is 2.13. The third-order valence-corrected chi connectivity index (χ3v) is 1.58. The van der Waals surface area contributed by atoms with E-state index in [1.165, 1.54) is 23.9 Å². The van der Waals surface area contributed by atoms with Crippen LogP contribution in [0.15, 0.2) is 22.8 Å². The molecule has 0 spiro atoms. The van der Waals surface area contributed by atoms with Crippen molar-refractivity contribution in [3.8, 4) is 0 Å². The zero-order valence-corrected chi connectivity index (χ0v) is 8.91. The molecule has 0 aliphatic rings. The molecule has 0 saturated heterocycles. The molecule has 1 aromatic heterocycles. The summed E-state index contributed by atoms with van der Waals surface area (Å²) < 4.78 is 39.7. The first-order valence-corrected chi connectivity index (χ1v) is 4.67. The Labute approximate surface area is 99.0 Å². The molecule has 9 heteroatoms. The number of amides is 2. The van der Waals surface area contributed by atoms with Gasteiger partial charge >= 0.3 is 6.18 Å². The number of alkyl halides is 3. The van der Waals surface area contributed by atoms with Crippen LogP contribution in [0.3, 0.4) is 0 Å². The Hall–Kier alpha value is -2.03. The van der Waals surface area contributed by atoms with Crippen LogP contribution >= 0.6 is 0 Å². The standard InChI is InChI=1S/C9H9F3N2O4/c10-9(11,12)5-18-14-7(15)4-13-8(16)6-2-1-3-17-6/h1-3H,4-5H2,(H,13,16)(H,14,15). The molecule has 1 aromatic rings. The first kappa shape index (κ1) is 14.0. The van der Waals surface area contributed by atoms with Gasteiger partial charge in [0, 0.05) is 0 Å². The molecular weight excluding hydrogens is 257 g/mol. The molecular formula is C9H9F3N2O4. The minimum Gasteiger partial charge on any atom is -0.459 e. The van der Waals surface area contributed by atoms with Crippen molar-refractivity contribution in [1.29, 1.82) is 0 Å². The molecule has 0 unspecified atom stereocenters. The van der Waals surface area contributed by atoms with Crippen molar-refractivity contribution >= 4 is 11.8 Å². The molecule has 0 fully saturated rings. The number of hydrogen-bond donors (Lipinski definition) is 2. The maximum Gasteiger partial charge on any atom is 0.414 e. The minimum atomic E-state index is -4.54. The van der Waals surface area contributed by atoms with Crippen LogP contribution in [0.25, 0.3) is 0 Å². The molecule has 0 aromatic carbocycles.